The first-order chi connectivity index (χ1) is 9.15. The molecular weight excluding hydrogens is 244 g/mol. The average Bonchev–Trinajstić information content (AvgIpc) is 2.85. The van der Waals surface area contributed by atoms with Crippen molar-refractivity contribution >= 4 is 11.5 Å². The van der Waals surface area contributed by atoms with Gasteiger partial charge >= 0.3 is 0 Å². The molecule has 6 nitrogen and oxygen atoms in total. The molecule has 6 heteroatoms. The van der Waals surface area contributed by atoms with Gasteiger partial charge in [0.1, 0.15) is 11.5 Å². The van der Waals surface area contributed by atoms with E-state index in [0.717, 1.165) is 37.9 Å². The summed E-state index contributed by atoms with van der Waals surface area (Å²) in [5, 5.41) is 14.2. The van der Waals surface area contributed by atoms with Crippen molar-refractivity contribution in [2.45, 2.75) is 13.3 Å². The summed E-state index contributed by atoms with van der Waals surface area (Å²) >= 11 is 0. The number of fused-ring (bicyclic) bond motifs is 1. The van der Waals surface area contributed by atoms with Gasteiger partial charge in [-0.15, -0.1) is 0 Å². The number of nitrogens with one attached hydrogen (secondary N) is 1. The molecule has 0 amide bonds. The summed E-state index contributed by atoms with van der Waals surface area (Å²) in [6, 6.07) is 3.34. The fourth-order valence-electron chi connectivity index (χ4n) is 3.15. The quantitative estimate of drug-likeness (QED) is 0.643. The van der Waals surface area contributed by atoms with E-state index >= 15 is 0 Å². The Morgan fingerprint density at radius 2 is 2.21 bits per heavy atom. The van der Waals surface area contributed by atoms with Crippen LogP contribution in [0.5, 0.6) is 0 Å². The van der Waals surface area contributed by atoms with Crippen molar-refractivity contribution in [1.29, 1.82) is 0 Å². The molecule has 3 rings (SSSR count). The number of aryl methyl sites for hydroxylation is 1. The highest BCUT2D eigenvalue weighted by Crippen LogP contribution is 2.30. The Balaban J connectivity index is 1.79. The van der Waals surface area contributed by atoms with Gasteiger partial charge in [-0.1, -0.05) is 0 Å². The molecule has 3 heterocycles. The van der Waals surface area contributed by atoms with E-state index in [1.165, 1.54) is 6.42 Å². The van der Waals surface area contributed by atoms with Crippen molar-refractivity contribution in [3.8, 4) is 0 Å². The van der Waals surface area contributed by atoms with Crippen molar-refractivity contribution in [2.24, 2.45) is 11.8 Å². The molecule has 0 saturated carbocycles. The predicted octanol–water partition coefficient (Wildman–Crippen LogP) is 1.34. The molecule has 2 aliphatic rings. The fraction of sp³-hybridized carbons (Fsp3) is 0.615. The van der Waals surface area contributed by atoms with Crippen LogP contribution < -0.4 is 10.2 Å². The van der Waals surface area contributed by atoms with Crippen molar-refractivity contribution in [3.05, 3.63) is 27.9 Å². The van der Waals surface area contributed by atoms with Crippen molar-refractivity contribution in [2.75, 3.05) is 31.1 Å². The normalized spacial score (nSPS) is 26.3. The molecule has 0 spiro atoms. The molecule has 1 aromatic heterocycles. The number of rotatable bonds is 2. The fourth-order valence-corrected chi connectivity index (χ4v) is 3.15. The van der Waals surface area contributed by atoms with Gasteiger partial charge in [-0.2, -0.15) is 0 Å². The van der Waals surface area contributed by atoms with Gasteiger partial charge < -0.3 is 10.2 Å². The first kappa shape index (κ1) is 12.3. The van der Waals surface area contributed by atoms with E-state index < -0.39 is 0 Å². The monoisotopic (exact) mass is 262 g/mol. The zero-order chi connectivity index (χ0) is 13.4. The lowest BCUT2D eigenvalue weighted by Crippen LogP contribution is -2.40. The number of nitrogens with zero attached hydrogens (tertiary/aromatic N) is 3. The van der Waals surface area contributed by atoms with E-state index in [2.05, 4.69) is 15.2 Å². The number of nitro groups is 1. The van der Waals surface area contributed by atoms with Gasteiger partial charge in [-0.05, 0) is 44.3 Å². The molecular formula is C13H18N4O2. The zero-order valence-electron chi connectivity index (χ0n) is 11.0. The van der Waals surface area contributed by atoms with Gasteiger partial charge in [-0.25, -0.2) is 4.98 Å². The van der Waals surface area contributed by atoms with E-state index in [-0.39, 0.29) is 10.6 Å². The number of aromatic nitrogens is 1. The van der Waals surface area contributed by atoms with Crippen LogP contribution in [0.25, 0.3) is 0 Å². The lowest BCUT2D eigenvalue weighted by atomic mass is 9.89. The Hall–Kier alpha value is -1.69. The first-order valence-electron chi connectivity index (χ1n) is 6.73. The SMILES string of the molecule is Cc1nc(N2CCC3CNCC3C2)ccc1[N+](=O)[O-]. The van der Waals surface area contributed by atoms with E-state index in [9.17, 15) is 10.1 Å². The molecule has 2 unspecified atom stereocenters. The highest BCUT2D eigenvalue weighted by atomic mass is 16.6. The first-order valence-corrected chi connectivity index (χ1v) is 6.73. The van der Waals surface area contributed by atoms with Crippen LogP contribution in [-0.2, 0) is 0 Å². The lowest BCUT2D eigenvalue weighted by molar-refractivity contribution is -0.385. The highest BCUT2D eigenvalue weighted by Gasteiger charge is 2.33. The number of pyridine rings is 1. The summed E-state index contributed by atoms with van der Waals surface area (Å²) in [5.41, 5.74) is 0.593. The second-order valence-corrected chi connectivity index (χ2v) is 5.44. The smallest absolute Gasteiger partial charge is 0.290 e. The predicted molar refractivity (Wildman–Crippen MR) is 72.3 cm³/mol. The highest BCUT2D eigenvalue weighted by molar-refractivity contribution is 5.47. The molecule has 0 radical (unpaired) electrons. The van der Waals surface area contributed by atoms with Crippen molar-refractivity contribution in [1.82, 2.24) is 10.3 Å². The molecule has 2 atom stereocenters. The second-order valence-electron chi connectivity index (χ2n) is 5.44. The van der Waals surface area contributed by atoms with E-state index in [1.807, 2.05) is 0 Å². The third kappa shape index (κ3) is 2.28. The van der Waals surface area contributed by atoms with Crippen LogP contribution in [0.1, 0.15) is 12.1 Å². The molecule has 1 N–H and O–H groups in total. The van der Waals surface area contributed by atoms with Gasteiger partial charge in [0.2, 0.25) is 0 Å². The Labute approximate surface area is 112 Å². The summed E-state index contributed by atoms with van der Waals surface area (Å²) in [6.45, 7) is 5.90. The van der Waals surface area contributed by atoms with Crippen molar-refractivity contribution in [3.63, 3.8) is 0 Å². The van der Waals surface area contributed by atoms with Crippen LogP contribution >= 0.6 is 0 Å². The van der Waals surface area contributed by atoms with E-state index in [0.29, 0.717) is 11.6 Å². The van der Waals surface area contributed by atoms with Crippen LogP contribution in [0.15, 0.2) is 12.1 Å². The lowest BCUT2D eigenvalue weighted by Gasteiger charge is -2.35. The van der Waals surface area contributed by atoms with Crippen LogP contribution in [0.3, 0.4) is 0 Å². The summed E-state index contributed by atoms with van der Waals surface area (Å²) in [4.78, 5) is 17.1. The van der Waals surface area contributed by atoms with Crippen LogP contribution in [0, 0.1) is 28.9 Å². The topological polar surface area (TPSA) is 71.3 Å². The minimum Gasteiger partial charge on any atom is -0.356 e. The van der Waals surface area contributed by atoms with Gasteiger partial charge in [0.25, 0.3) is 5.69 Å². The van der Waals surface area contributed by atoms with Gasteiger partial charge in [0.05, 0.1) is 4.92 Å². The van der Waals surface area contributed by atoms with Gasteiger partial charge in [0, 0.05) is 19.2 Å². The standard InChI is InChI=1S/C13H18N4O2/c1-9-12(17(18)19)2-3-13(15-9)16-5-4-10-6-14-7-11(10)8-16/h2-3,10-11,14H,4-8H2,1H3. The second kappa shape index (κ2) is 4.77. The van der Waals surface area contributed by atoms with E-state index in [1.54, 1.807) is 19.1 Å². The Kier molecular flexibility index (Phi) is 3.10. The molecule has 2 fully saturated rings. The Morgan fingerprint density at radius 1 is 1.42 bits per heavy atom. The van der Waals surface area contributed by atoms with Gasteiger partial charge in [-0.3, -0.25) is 10.1 Å². The maximum absolute atomic E-state index is 10.8. The third-order valence-electron chi connectivity index (χ3n) is 4.27. The third-order valence-corrected chi connectivity index (χ3v) is 4.27. The van der Waals surface area contributed by atoms with Crippen LogP contribution in [0.4, 0.5) is 11.5 Å². The minimum atomic E-state index is -0.376. The van der Waals surface area contributed by atoms with Crippen molar-refractivity contribution < 1.29 is 4.92 Å². The number of piperidine rings is 1. The molecule has 19 heavy (non-hydrogen) atoms. The zero-order valence-corrected chi connectivity index (χ0v) is 11.0. The summed E-state index contributed by atoms with van der Waals surface area (Å²) in [7, 11) is 0. The average molecular weight is 262 g/mol. The minimum absolute atomic E-state index is 0.0983. The molecule has 102 valence electrons. The Bertz CT molecular complexity index is 505. The number of hydrogen-bond donors (Lipinski definition) is 1. The molecule has 0 bridgehead atoms. The summed E-state index contributed by atoms with van der Waals surface area (Å²) < 4.78 is 0. The van der Waals surface area contributed by atoms with E-state index in [4.69, 9.17) is 0 Å². The van der Waals surface area contributed by atoms with Crippen LogP contribution in [0.2, 0.25) is 0 Å². The molecule has 1 aromatic rings. The summed E-state index contributed by atoms with van der Waals surface area (Å²) in [6.07, 6.45) is 1.18. The molecule has 2 saturated heterocycles. The Morgan fingerprint density at radius 3 is 2.95 bits per heavy atom. The maximum atomic E-state index is 10.8. The van der Waals surface area contributed by atoms with Gasteiger partial charge in [0.15, 0.2) is 0 Å². The maximum Gasteiger partial charge on any atom is 0.290 e. The molecule has 2 aliphatic heterocycles. The van der Waals surface area contributed by atoms with Crippen LogP contribution in [-0.4, -0.2) is 36.1 Å². The number of hydrogen-bond acceptors (Lipinski definition) is 5. The molecule has 0 aliphatic carbocycles. The largest absolute Gasteiger partial charge is 0.356 e. The summed E-state index contributed by atoms with van der Waals surface area (Å²) in [5.74, 6) is 2.34. The molecule has 0 aromatic carbocycles. The number of anilines is 1.